The van der Waals surface area contributed by atoms with Gasteiger partial charge in [0.2, 0.25) is 5.91 Å². The van der Waals surface area contributed by atoms with Gasteiger partial charge in [0.25, 0.3) is 0 Å². The van der Waals surface area contributed by atoms with Crippen LogP contribution in [0.2, 0.25) is 0 Å². The molecule has 0 aromatic carbocycles. The Morgan fingerprint density at radius 3 is 3.11 bits per heavy atom. The Bertz CT molecular complexity index is 370. The number of aromatic amines is 1. The SMILES string of the molecule is CCCC1(C(=O)NCCc2ncn[nH]2)CCNC1. The molecule has 6 heteroatoms. The minimum absolute atomic E-state index is 0.175. The van der Waals surface area contributed by atoms with Crippen LogP contribution in [-0.4, -0.2) is 40.7 Å². The molecule has 18 heavy (non-hydrogen) atoms. The van der Waals surface area contributed by atoms with Gasteiger partial charge in [0.05, 0.1) is 5.41 Å². The molecule has 1 aliphatic heterocycles. The molecule has 100 valence electrons. The number of hydrogen-bond donors (Lipinski definition) is 3. The lowest BCUT2D eigenvalue weighted by Crippen LogP contribution is -2.43. The van der Waals surface area contributed by atoms with Crippen LogP contribution in [0.5, 0.6) is 0 Å². The van der Waals surface area contributed by atoms with E-state index in [1.54, 1.807) is 0 Å². The van der Waals surface area contributed by atoms with Gasteiger partial charge in [0, 0.05) is 19.5 Å². The Morgan fingerprint density at radius 2 is 2.50 bits per heavy atom. The second kappa shape index (κ2) is 5.95. The zero-order valence-corrected chi connectivity index (χ0v) is 10.8. The highest BCUT2D eigenvalue weighted by Gasteiger charge is 2.39. The number of carbonyl (C=O) groups excluding carboxylic acids is 1. The molecule has 1 aromatic heterocycles. The number of hydrogen-bond acceptors (Lipinski definition) is 4. The van der Waals surface area contributed by atoms with Gasteiger partial charge in [0.15, 0.2) is 0 Å². The average Bonchev–Trinajstić information content (AvgIpc) is 3.01. The largest absolute Gasteiger partial charge is 0.355 e. The monoisotopic (exact) mass is 251 g/mol. The molecule has 0 bridgehead atoms. The zero-order valence-electron chi connectivity index (χ0n) is 10.8. The molecule has 2 heterocycles. The Kier molecular flexibility index (Phi) is 4.30. The first kappa shape index (κ1) is 13.0. The maximum absolute atomic E-state index is 12.3. The molecule has 0 aliphatic carbocycles. The molecule has 3 N–H and O–H groups in total. The summed E-state index contributed by atoms with van der Waals surface area (Å²) < 4.78 is 0. The number of nitrogens with zero attached hydrogens (tertiary/aromatic N) is 2. The predicted octanol–water partition coefficient (Wildman–Crippen LogP) is 0.243. The predicted molar refractivity (Wildman–Crippen MR) is 67.9 cm³/mol. The van der Waals surface area contributed by atoms with Crippen LogP contribution in [0.15, 0.2) is 6.33 Å². The number of nitrogens with one attached hydrogen (secondary N) is 3. The molecule has 1 atom stereocenters. The van der Waals surface area contributed by atoms with Gasteiger partial charge < -0.3 is 10.6 Å². The van der Waals surface area contributed by atoms with E-state index < -0.39 is 0 Å². The number of rotatable bonds is 6. The van der Waals surface area contributed by atoms with Gasteiger partial charge in [-0.25, -0.2) is 4.98 Å². The normalized spacial score (nSPS) is 23.2. The quantitative estimate of drug-likeness (QED) is 0.676. The summed E-state index contributed by atoms with van der Waals surface area (Å²) in [7, 11) is 0. The molecule has 6 nitrogen and oxygen atoms in total. The topological polar surface area (TPSA) is 82.7 Å². The van der Waals surface area contributed by atoms with Crippen molar-refractivity contribution in [3.63, 3.8) is 0 Å². The van der Waals surface area contributed by atoms with Gasteiger partial charge in [-0.05, 0) is 19.4 Å². The van der Waals surface area contributed by atoms with Crippen molar-refractivity contribution >= 4 is 5.91 Å². The van der Waals surface area contributed by atoms with Gasteiger partial charge in [-0.1, -0.05) is 13.3 Å². The third-order valence-corrected chi connectivity index (χ3v) is 3.57. The summed E-state index contributed by atoms with van der Waals surface area (Å²) in [6, 6.07) is 0. The van der Waals surface area contributed by atoms with Gasteiger partial charge in [-0.3, -0.25) is 9.89 Å². The van der Waals surface area contributed by atoms with E-state index in [1.165, 1.54) is 6.33 Å². The molecule has 1 fully saturated rings. The summed E-state index contributed by atoms with van der Waals surface area (Å²) >= 11 is 0. The fourth-order valence-electron chi connectivity index (χ4n) is 2.58. The number of H-pyrrole nitrogens is 1. The lowest BCUT2D eigenvalue weighted by atomic mass is 9.81. The third kappa shape index (κ3) is 2.87. The van der Waals surface area contributed by atoms with E-state index in [4.69, 9.17) is 0 Å². The first-order chi connectivity index (χ1) is 8.77. The maximum atomic E-state index is 12.3. The van der Waals surface area contributed by atoms with Gasteiger partial charge in [-0.15, -0.1) is 0 Å². The smallest absolute Gasteiger partial charge is 0.227 e. The molecule has 0 spiro atoms. The van der Waals surface area contributed by atoms with Crippen LogP contribution in [0, 0.1) is 5.41 Å². The minimum atomic E-state index is -0.198. The van der Waals surface area contributed by atoms with E-state index in [1.807, 2.05) is 0 Å². The first-order valence-electron chi connectivity index (χ1n) is 6.60. The highest BCUT2D eigenvalue weighted by molar-refractivity contribution is 5.83. The van der Waals surface area contributed by atoms with Crippen LogP contribution in [-0.2, 0) is 11.2 Å². The van der Waals surface area contributed by atoms with Gasteiger partial charge >= 0.3 is 0 Å². The average molecular weight is 251 g/mol. The standard InChI is InChI=1S/C12H21N5O/c1-2-4-12(5-7-13-8-12)11(18)14-6-3-10-15-9-16-17-10/h9,13H,2-8H2,1H3,(H,14,18)(H,15,16,17). The molecular formula is C12H21N5O. The van der Waals surface area contributed by atoms with E-state index in [2.05, 4.69) is 32.7 Å². The van der Waals surface area contributed by atoms with Crippen molar-refractivity contribution in [2.45, 2.75) is 32.6 Å². The van der Waals surface area contributed by atoms with Gasteiger partial charge in [0.1, 0.15) is 12.2 Å². The summed E-state index contributed by atoms with van der Waals surface area (Å²) in [6.45, 7) is 4.48. The van der Waals surface area contributed by atoms with E-state index in [-0.39, 0.29) is 11.3 Å². The van der Waals surface area contributed by atoms with Crippen molar-refractivity contribution in [1.29, 1.82) is 0 Å². The minimum Gasteiger partial charge on any atom is -0.355 e. The summed E-state index contributed by atoms with van der Waals surface area (Å²) in [5, 5.41) is 12.9. The number of aromatic nitrogens is 3. The van der Waals surface area contributed by atoms with Crippen LogP contribution >= 0.6 is 0 Å². The first-order valence-corrected chi connectivity index (χ1v) is 6.60. The molecule has 0 saturated carbocycles. The van der Waals surface area contributed by atoms with Crippen LogP contribution < -0.4 is 10.6 Å². The molecule has 1 aliphatic rings. The van der Waals surface area contributed by atoms with E-state index in [0.717, 1.165) is 38.2 Å². The molecule has 0 radical (unpaired) electrons. The molecule has 2 rings (SSSR count). The maximum Gasteiger partial charge on any atom is 0.227 e. The van der Waals surface area contributed by atoms with Crippen molar-refractivity contribution < 1.29 is 4.79 Å². The summed E-state index contributed by atoms with van der Waals surface area (Å²) in [5.74, 6) is 0.984. The van der Waals surface area contributed by atoms with Crippen molar-refractivity contribution in [2.75, 3.05) is 19.6 Å². The highest BCUT2D eigenvalue weighted by Crippen LogP contribution is 2.31. The second-order valence-corrected chi connectivity index (χ2v) is 4.90. The van der Waals surface area contributed by atoms with Crippen LogP contribution in [0.25, 0.3) is 0 Å². The Hall–Kier alpha value is -1.43. The number of amides is 1. The van der Waals surface area contributed by atoms with Crippen molar-refractivity contribution in [2.24, 2.45) is 5.41 Å². The van der Waals surface area contributed by atoms with Crippen molar-refractivity contribution in [3.8, 4) is 0 Å². The fraction of sp³-hybridized carbons (Fsp3) is 0.750. The van der Waals surface area contributed by atoms with Crippen LogP contribution in [0.3, 0.4) is 0 Å². The highest BCUT2D eigenvalue weighted by atomic mass is 16.2. The summed E-state index contributed by atoms with van der Waals surface area (Å²) in [4.78, 5) is 16.3. The van der Waals surface area contributed by atoms with Crippen LogP contribution in [0.4, 0.5) is 0 Å². The Balaban J connectivity index is 1.82. The summed E-state index contributed by atoms with van der Waals surface area (Å²) in [5.41, 5.74) is -0.198. The molecule has 1 amide bonds. The molecular weight excluding hydrogens is 230 g/mol. The molecule has 1 saturated heterocycles. The zero-order chi connectivity index (χ0) is 12.8. The van der Waals surface area contributed by atoms with Gasteiger partial charge in [-0.2, -0.15) is 5.10 Å². The van der Waals surface area contributed by atoms with Crippen molar-refractivity contribution in [1.82, 2.24) is 25.8 Å². The van der Waals surface area contributed by atoms with E-state index in [0.29, 0.717) is 13.0 Å². The Labute approximate surface area is 107 Å². The van der Waals surface area contributed by atoms with E-state index >= 15 is 0 Å². The molecule has 1 unspecified atom stereocenters. The Morgan fingerprint density at radius 1 is 1.61 bits per heavy atom. The molecule has 1 aromatic rings. The fourth-order valence-corrected chi connectivity index (χ4v) is 2.58. The van der Waals surface area contributed by atoms with Crippen molar-refractivity contribution in [3.05, 3.63) is 12.2 Å². The van der Waals surface area contributed by atoms with E-state index in [9.17, 15) is 4.79 Å². The third-order valence-electron chi connectivity index (χ3n) is 3.57. The number of carbonyl (C=O) groups is 1. The van der Waals surface area contributed by atoms with Crippen LogP contribution in [0.1, 0.15) is 32.0 Å². The lowest BCUT2D eigenvalue weighted by molar-refractivity contribution is -0.130. The lowest BCUT2D eigenvalue weighted by Gasteiger charge is -2.26. The second-order valence-electron chi connectivity index (χ2n) is 4.90. The summed E-state index contributed by atoms with van der Waals surface area (Å²) in [6.07, 6.45) is 5.11.